The van der Waals surface area contributed by atoms with Crippen molar-refractivity contribution < 1.29 is 4.79 Å². The van der Waals surface area contributed by atoms with E-state index in [0.29, 0.717) is 39.8 Å². The minimum Gasteiger partial charge on any atom is -0.383 e. The molecule has 190 valence electrons. The molecule has 39 heavy (non-hydrogen) atoms. The largest absolute Gasteiger partial charge is 0.383 e. The number of nitrogen functional groups attached to an aromatic ring is 1. The molecule has 0 radical (unpaired) electrons. The molecule has 0 saturated carbocycles. The number of benzene rings is 1. The van der Waals surface area contributed by atoms with E-state index >= 15 is 0 Å². The third kappa shape index (κ3) is 3.94. The van der Waals surface area contributed by atoms with E-state index in [1.807, 2.05) is 41.0 Å². The maximum Gasteiger partial charge on any atom is 0.254 e. The maximum absolute atomic E-state index is 12.7. The number of pyridine rings is 2. The molecule has 6 aromatic rings. The van der Waals surface area contributed by atoms with Crippen LogP contribution in [0.3, 0.4) is 0 Å². The number of carbonyl (C=O) groups excluding carboxylic acids is 1. The topological polar surface area (TPSA) is 155 Å². The third-order valence-corrected chi connectivity index (χ3v) is 6.78. The zero-order valence-electron chi connectivity index (χ0n) is 20.5. The first-order chi connectivity index (χ1) is 19.2. The van der Waals surface area contributed by atoms with Gasteiger partial charge in [0.05, 0.1) is 29.6 Å². The second kappa shape index (κ2) is 9.10. The fourth-order valence-electron chi connectivity index (χ4n) is 4.98. The Morgan fingerprint density at radius 3 is 2.67 bits per heavy atom. The number of anilines is 1. The molecular formula is C27H21N11O. The first-order valence-electron chi connectivity index (χ1n) is 12.3. The standard InChI is InChI=1S/C27H21N11O/c28-24-20(2-1-9-31-24)25-34-22-7-8-23(38-32-10-11-33-38)36-26(22)37(25)18-4-5-19-16(12-18)3-6-21(19)35-27(39)17-13-29-15-30-14-17/h1-2,4-5,7-15,21H,3,6H2,(H2,28,31)(H,35,39)/t21-/m0/s1. The molecule has 1 aromatic carbocycles. The van der Waals surface area contributed by atoms with Gasteiger partial charge in [0, 0.05) is 24.3 Å². The second-order valence-corrected chi connectivity index (χ2v) is 9.11. The molecule has 1 atom stereocenters. The fourth-order valence-corrected chi connectivity index (χ4v) is 4.98. The van der Waals surface area contributed by atoms with Crippen molar-refractivity contribution in [1.29, 1.82) is 0 Å². The Morgan fingerprint density at radius 2 is 1.85 bits per heavy atom. The number of aryl methyl sites for hydroxylation is 1. The van der Waals surface area contributed by atoms with Crippen molar-refractivity contribution in [2.24, 2.45) is 0 Å². The van der Waals surface area contributed by atoms with Crippen molar-refractivity contribution in [3.05, 3.63) is 96.5 Å². The summed E-state index contributed by atoms with van der Waals surface area (Å²) in [5.74, 6) is 1.36. The highest BCUT2D eigenvalue weighted by Crippen LogP contribution is 2.36. The van der Waals surface area contributed by atoms with Crippen LogP contribution >= 0.6 is 0 Å². The van der Waals surface area contributed by atoms with E-state index in [1.54, 1.807) is 18.6 Å². The fraction of sp³-hybridized carbons (Fsp3) is 0.111. The number of fused-ring (bicyclic) bond motifs is 2. The lowest BCUT2D eigenvalue weighted by Crippen LogP contribution is -2.27. The van der Waals surface area contributed by atoms with E-state index in [1.165, 1.54) is 23.5 Å². The summed E-state index contributed by atoms with van der Waals surface area (Å²) in [6.45, 7) is 0. The molecular weight excluding hydrogens is 494 g/mol. The molecule has 0 spiro atoms. The predicted molar refractivity (Wildman–Crippen MR) is 142 cm³/mol. The van der Waals surface area contributed by atoms with E-state index in [4.69, 9.17) is 15.7 Å². The Kier molecular flexibility index (Phi) is 5.29. The van der Waals surface area contributed by atoms with Crippen molar-refractivity contribution in [3.8, 4) is 22.9 Å². The maximum atomic E-state index is 12.7. The summed E-state index contributed by atoms with van der Waals surface area (Å²) < 4.78 is 1.98. The van der Waals surface area contributed by atoms with Gasteiger partial charge in [0.15, 0.2) is 17.3 Å². The number of nitrogens with two attached hydrogens (primary N) is 1. The molecule has 1 aliphatic carbocycles. The number of imidazole rings is 1. The highest BCUT2D eigenvalue weighted by Gasteiger charge is 2.26. The Labute approximate surface area is 221 Å². The van der Waals surface area contributed by atoms with Gasteiger partial charge in [-0.3, -0.25) is 9.36 Å². The molecule has 0 bridgehead atoms. The summed E-state index contributed by atoms with van der Waals surface area (Å²) >= 11 is 0. The van der Waals surface area contributed by atoms with Crippen molar-refractivity contribution >= 4 is 22.9 Å². The molecule has 3 N–H and O–H groups in total. The summed E-state index contributed by atoms with van der Waals surface area (Å²) in [4.78, 5) is 36.1. The number of hydrogen-bond acceptors (Lipinski definition) is 9. The van der Waals surface area contributed by atoms with Crippen LogP contribution in [0.2, 0.25) is 0 Å². The minimum absolute atomic E-state index is 0.106. The van der Waals surface area contributed by atoms with E-state index < -0.39 is 0 Å². The quantitative estimate of drug-likeness (QED) is 0.352. The van der Waals surface area contributed by atoms with Gasteiger partial charge in [0.1, 0.15) is 17.7 Å². The zero-order valence-corrected chi connectivity index (χ0v) is 20.5. The normalized spacial score (nSPS) is 14.4. The van der Waals surface area contributed by atoms with Gasteiger partial charge in [-0.25, -0.2) is 24.9 Å². The Balaban J connectivity index is 1.33. The Hall–Kier alpha value is -5.52. The van der Waals surface area contributed by atoms with Crippen LogP contribution < -0.4 is 11.1 Å². The number of aromatic nitrogens is 9. The van der Waals surface area contributed by atoms with Gasteiger partial charge in [-0.2, -0.15) is 10.2 Å². The van der Waals surface area contributed by atoms with Crippen LogP contribution in [-0.2, 0) is 6.42 Å². The molecule has 1 aliphatic rings. The number of hydrogen-bond donors (Lipinski definition) is 2. The van der Waals surface area contributed by atoms with Gasteiger partial charge in [-0.05, 0) is 60.4 Å². The lowest BCUT2D eigenvalue weighted by Gasteiger charge is -2.15. The van der Waals surface area contributed by atoms with Gasteiger partial charge in [-0.1, -0.05) is 6.07 Å². The van der Waals surface area contributed by atoms with E-state index in [9.17, 15) is 4.79 Å². The van der Waals surface area contributed by atoms with Crippen LogP contribution in [-0.4, -0.2) is 50.4 Å². The predicted octanol–water partition coefficient (Wildman–Crippen LogP) is 2.85. The molecule has 0 aliphatic heterocycles. The highest BCUT2D eigenvalue weighted by atomic mass is 16.1. The summed E-state index contributed by atoms with van der Waals surface area (Å²) in [5, 5.41) is 11.5. The van der Waals surface area contributed by atoms with Crippen molar-refractivity contribution in [3.63, 3.8) is 0 Å². The summed E-state index contributed by atoms with van der Waals surface area (Å²) in [5.41, 5.74) is 11.8. The summed E-state index contributed by atoms with van der Waals surface area (Å²) in [7, 11) is 0. The third-order valence-electron chi connectivity index (χ3n) is 6.78. The number of amides is 1. The number of nitrogens with zero attached hydrogens (tertiary/aromatic N) is 9. The Bertz CT molecular complexity index is 1830. The molecule has 1 amide bonds. The Morgan fingerprint density at radius 1 is 1.00 bits per heavy atom. The molecule has 7 rings (SSSR count). The average molecular weight is 516 g/mol. The minimum atomic E-state index is -0.198. The first-order valence-corrected chi connectivity index (χ1v) is 12.3. The molecule has 12 nitrogen and oxygen atoms in total. The van der Waals surface area contributed by atoms with Crippen LogP contribution in [0.25, 0.3) is 34.1 Å². The second-order valence-electron chi connectivity index (χ2n) is 9.11. The van der Waals surface area contributed by atoms with Crippen LogP contribution in [0.15, 0.2) is 79.8 Å². The van der Waals surface area contributed by atoms with E-state index in [-0.39, 0.29) is 11.9 Å². The monoisotopic (exact) mass is 515 g/mol. The molecule has 0 saturated heterocycles. The lowest BCUT2D eigenvalue weighted by molar-refractivity contribution is 0.0936. The lowest BCUT2D eigenvalue weighted by atomic mass is 10.1. The first kappa shape index (κ1) is 22.7. The van der Waals surface area contributed by atoms with Crippen molar-refractivity contribution in [1.82, 2.24) is 49.8 Å². The van der Waals surface area contributed by atoms with Gasteiger partial charge in [-0.15, -0.1) is 4.80 Å². The van der Waals surface area contributed by atoms with Gasteiger partial charge in [0.2, 0.25) is 0 Å². The van der Waals surface area contributed by atoms with Crippen LogP contribution in [0.1, 0.15) is 33.9 Å². The molecule has 5 heterocycles. The van der Waals surface area contributed by atoms with Crippen LogP contribution in [0, 0.1) is 0 Å². The van der Waals surface area contributed by atoms with Crippen molar-refractivity contribution in [2.75, 3.05) is 5.73 Å². The van der Waals surface area contributed by atoms with Crippen LogP contribution in [0.5, 0.6) is 0 Å². The summed E-state index contributed by atoms with van der Waals surface area (Å²) in [6.07, 6.45) is 10.9. The summed E-state index contributed by atoms with van der Waals surface area (Å²) in [6, 6.07) is 13.5. The van der Waals surface area contributed by atoms with Gasteiger partial charge < -0.3 is 11.1 Å². The average Bonchev–Trinajstić information content (AvgIpc) is 3.72. The van der Waals surface area contributed by atoms with Gasteiger partial charge in [0.25, 0.3) is 5.91 Å². The number of rotatable bonds is 5. The highest BCUT2D eigenvalue weighted by molar-refractivity contribution is 5.94. The van der Waals surface area contributed by atoms with E-state index in [2.05, 4.69) is 36.5 Å². The number of carbonyl (C=O) groups is 1. The van der Waals surface area contributed by atoms with Crippen LogP contribution in [0.4, 0.5) is 5.82 Å². The SMILES string of the molecule is Nc1ncccc1-c1nc2ccc(-n3nccn3)nc2n1-c1ccc2c(c1)CC[C@@H]2NC(=O)c1cncnc1. The smallest absolute Gasteiger partial charge is 0.254 e. The van der Waals surface area contributed by atoms with E-state index in [0.717, 1.165) is 29.7 Å². The molecule has 5 aromatic heterocycles. The molecule has 0 fully saturated rings. The molecule has 12 heteroatoms. The number of nitrogens with one attached hydrogen (secondary N) is 1. The zero-order chi connectivity index (χ0) is 26.3. The van der Waals surface area contributed by atoms with Crippen molar-refractivity contribution in [2.45, 2.75) is 18.9 Å². The molecule has 0 unspecified atom stereocenters. The van der Waals surface area contributed by atoms with Gasteiger partial charge >= 0.3 is 0 Å².